The molecule has 1 fully saturated rings. The molecule has 1 saturated heterocycles. The maximum atomic E-state index is 12.3. The highest BCUT2D eigenvalue weighted by Gasteiger charge is 2.31. The summed E-state index contributed by atoms with van der Waals surface area (Å²) in [6.07, 6.45) is 4.96. The highest BCUT2D eigenvalue weighted by atomic mass is 16.5. The van der Waals surface area contributed by atoms with Gasteiger partial charge in [-0.25, -0.2) is 0 Å². The third-order valence-electron chi connectivity index (χ3n) is 5.52. The number of methoxy groups -OCH3 is 1. The lowest BCUT2D eigenvalue weighted by molar-refractivity contribution is -0.116. The van der Waals surface area contributed by atoms with Crippen LogP contribution in [0.15, 0.2) is 18.3 Å². The van der Waals surface area contributed by atoms with Crippen molar-refractivity contribution in [3.63, 3.8) is 0 Å². The number of amides is 1. The molecule has 1 aromatic heterocycles. The largest absolute Gasteiger partial charge is 0.495 e. The number of ether oxygens (including phenoxy) is 1. The Bertz CT molecular complexity index is 837. The molecule has 1 N–H and O–H groups in total. The molecular formula is C20H26N4O2. The second-order valence-corrected chi connectivity index (χ2v) is 7.14. The minimum atomic E-state index is 0.0336. The summed E-state index contributed by atoms with van der Waals surface area (Å²) in [5, 5.41) is 7.61. The molecular weight excluding hydrogens is 328 g/mol. The normalized spacial score (nSPS) is 19.4. The lowest BCUT2D eigenvalue weighted by Crippen LogP contribution is -2.25. The SMILES string of the molecule is CCn1cc([C@@H]2CC(=O)Nc3cc(OC)c(N4CCCC4)cc32)c(C)n1. The Balaban J connectivity index is 1.83. The van der Waals surface area contributed by atoms with E-state index in [9.17, 15) is 4.79 Å². The average Bonchev–Trinajstić information content (AvgIpc) is 3.29. The number of nitrogens with one attached hydrogen (secondary N) is 1. The second kappa shape index (κ2) is 6.67. The summed E-state index contributed by atoms with van der Waals surface area (Å²) in [6, 6.07) is 4.19. The van der Waals surface area contributed by atoms with E-state index in [2.05, 4.69) is 34.5 Å². The molecule has 2 aliphatic heterocycles. The Labute approximate surface area is 154 Å². The summed E-state index contributed by atoms with van der Waals surface area (Å²) in [5.74, 6) is 0.904. The van der Waals surface area contributed by atoms with Gasteiger partial charge in [0.1, 0.15) is 5.75 Å². The van der Waals surface area contributed by atoms with Crippen LogP contribution in [0.2, 0.25) is 0 Å². The summed E-state index contributed by atoms with van der Waals surface area (Å²) in [7, 11) is 1.69. The van der Waals surface area contributed by atoms with Crippen LogP contribution < -0.4 is 15.0 Å². The zero-order valence-corrected chi connectivity index (χ0v) is 15.7. The number of anilines is 2. The van der Waals surface area contributed by atoms with E-state index in [0.29, 0.717) is 6.42 Å². The van der Waals surface area contributed by atoms with Crippen LogP contribution in [0, 0.1) is 6.92 Å². The van der Waals surface area contributed by atoms with Crippen molar-refractivity contribution in [2.45, 2.75) is 45.6 Å². The van der Waals surface area contributed by atoms with Crippen molar-refractivity contribution in [1.82, 2.24) is 9.78 Å². The van der Waals surface area contributed by atoms with Gasteiger partial charge in [-0.1, -0.05) is 0 Å². The molecule has 1 atom stereocenters. The van der Waals surface area contributed by atoms with Crippen LogP contribution >= 0.6 is 0 Å². The van der Waals surface area contributed by atoms with Gasteiger partial charge in [0.25, 0.3) is 0 Å². The van der Waals surface area contributed by atoms with E-state index in [-0.39, 0.29) is 11.8 Å². The number of carbonyl (C=O) groups excluding carboxylic acids is 1. The van der Waals surface area contributed by atoms with Crippen LogP contribution in [-0.2, 0) is 11.3 Å². The molecule has 0 saturated carbocycles. The van der Waals surface area contributed by atoms with Crippen molar-refractivity contribution in [2.24, 2.45) is 0 Å². The quantitative estimate of drug-likeness (QED) is 0.915. The van der Waals surface area contributed by atoms with Gasteiger partial charge in [0.05, 0.1) is 18.5 Å². The first-order valence-corrected chi connectivity index (χ1v) is 9.41. The van der Waals surface area contributed by atoms with Crippen LogP contribution in [-0.4, -0.2) is 35.9 Å². The Kier molecular flexibility index (Phi) is 4.34. The Morgan fingerprint density at radius 3 is 2.69 bits per heavy atom. The van der Waals surface area contributed by atoms with Gasteiger partial charge < -0.3 is 15.0 Å². The van der Waals surface area contributed by atoms with E-state index in [1.807, 2.05) is 17.7 Å². The van der Waals surface area contributed by atoms with Crippen LogP contribution in [0.3, 0.4) is 0 Å². The van der Waals surface area contributed by atoms with Gasteiger partial charge in [0.15, 0.2) is 0 Å². The summed E-state index contributed by atoms with van der Waals surface area (Å²) in [6.45, 7) is 7.04. The number of rotatable bonds is 4. The summed E-state index contributed by atoms with van der Waals surface area (Å²) >= 11 is 0. The fraction of sp³-hybridized carbons (Fsp3) is 0.500. The third-order valence-corrected chi connectivity index (χ3v) is 5.52. The Morgan fingerprint density at radius 1 is 1.27 bits per heavy atom. The van der Waals surface area contributed by atoms with Crippen molar-refractivity contribution in [1.29, 1.82) is 0 Å². The first-order chi connectivity index (χ1) is 12.6. The van der Waals surface area contributed by atoms with Gasteiger partial charge in [0.2, 0.25) is 5.91 Å². The van der Waals surface area contributed by atoms with Crippen molar-refractivity contribution in [3.8, 4) is 5.75 Å². The number of hydrogen-bond donors (Lipinski definition) is 1. The molecule has 26 heavy (non-hydrogen) atoms. The number of aryl methyl sites for hydroxylation is 2. The molecule has 6 heteroatoms. The first kappa shape index (κ1) is 16.9. The number of aromatic nitrogens is 2. The van der Waals surface area contributed by atoms with Crippen molar-refractivity contribution in [2.75, 3.05) is 30.4 Å². The Morgan fingerprint density at radius 2 is 2.04 bits per heavy atom. The Hall–Kier alpha value is -2.50. The minimum Gasteiger partial charge on any atom is -0.495 e. The predicted molar refractivity (Wildman–Crippen MR) is 102 cm³/mol. The number of hydrogen-bond acceptors (Lipinski definition) is 4. The molecule has 0 unspecified atom stereocenters. The highest BCUT2D eigenvalue weighted by molar-refractivity contribution is 5.96. The zero-order valence-electron chi connectivity index (χ0n) is 15.7. The van der Waals surface area contributed by atoms with E-state index < -0.39 is 0 Å². The predicted octanol–water partition coefficient (Wildman–Crippen LogP) is 3.29. The number of nitrogens with zero attached hydrogens (tertiary/aromatic N) is 3. The molecule has 6 nitrogen and oxygen atoms in total. The van der Waals surface area contributed by atoms with Crippen molar-refractivity contribution >= 4 is 17.3 Å². The first-order valence-electron chi connectivity index (χ1n) is 9.41. The highest BCUT2D eigenvalue weighted by Crippen LogP contribution is 2.44. The molecule has 0 aliphatic carbocycles. The van der Waals surface area contributed by atoms with E-state index in [0.717, 1.165) is 53.6 Å². The van der Waals surface area contributed by atoms with Crippen molar-refractivity contribution in [3.05, 3.63) is 35.2 Å². The van der Waals surface area contributed by atoms with Crippen LogP contribution in [0.4, 0.5) is 11.4 Å². The van der Waals surface area contributed by atoms with Gasteiger partial charge in [-0.05, 0) is 38.3 Å². The summed E-state index contributed by atoms with van der Waals surface area (Å²) in [5.41, 5.74) is 5.28. The van der Waals surface area contributed by atoms with Crippen molar-refractivity contribution < 1.29 is 9.53 Å². The van der Waals surface area contributed by atoms with E-state index in [4.69, 9.17) is 4.74 Å². The molecule has 1 aromatic carbocycles. The molecule has 3 heterocycles. The molecule has 1 amide bonds. The van der Waals surface area contributed by atoms with Crippen LogP contribution in [0.5, 0.6) is 5.75 Å². The fourth-order valence-corrected chi connectivity index (χ4v) is 4.16. The van der Waals surface area contributed by atoms with Gasteiger partial charge in [-0.3, -0.25) is 9.48 Å². The molecule has 138 valence electrons. The lowest BCUT2D eigenvalue weighted by atomic mass is 9.84. The monoisotopic (exact) mass is 354 g/mol. The average molecular weight is 354 g/mol. The zero-order chi connectivity index (χ0) is 18.3. The summed E-state index contributed by atoms with van der Waals surface area (Å²) < 4.78 is 7.58. The molecule has 0 spiro atoms. The van der Waals surface area contributed by atoms with E-state index >= 15 is 0 Å². The minimum absolute atomic E-state index is 0.0336. The van der Waals surface area contributed by atoms with E-state index in [1.54, 1.807) is 7.11 Å². The molecule has 0 bridgehead atoms. The molecule has 2 aliphatic rings. The van der Waals surface area contributed by atoms with Gasteiger partial charge in [0, 0.05) is 55.5 Å². The van der Waals surface area contributed by atoms with Gasteiger partial charge in [-0.2, -0.15) is 5.10 Å². The molecule has 4 rings (SSSR count). The maximum absolute atomic E-state index is 12.3. The smallest absolute Gasteiger partial charge is 0.225 e. The van der Waals surface area contributed by atoms with Crippen LogP contribution in [0.1, 0.15) is 48.9 Å². The number of benzene rings is 1. The maximum Gasteiger partial charge on any atom is 0.225 e. The number of fused-ring (bicyclic) bond motifs is 1. The van der Waals surface area contributed by atoms with Gasteiger partial charge in [-0.15, -0.1) is 0 Å². The van der Waals surface area contributed by atoms with Gasteiger partial charge >= 0.3 is 0 Å². The fourth-order valence-electron chi connectivity index (χ4n) is 4.16. The molecule has 2 aromatic rings. The standard InChI is InChI=1S/C20H26N4O2/c1-4-24-12-16(13(2)22-24)14-10-20(25)21-17-11-19(26-3)18(9-15(14)17)23-7-5-6-8-23/h9,11-12,14H,4-8,10H2,1-3H3,(H,21,25)/t14-/m1/s1. The summed E-state index contributed by atoms with van der Waals surface area (Å²) in [4.78, 5) is 14.7. The number of carbonyl (C=O) groups is 1. The topological polar surface area (TPSA) is 59.4 Å². The lowest BCUT2D eigenvalue weighted by Gasteiger charge is -2.29. The molecule has 0 radical (unpaired) electrons. The van der Waals surface area contributed by atoms with E-state index in [1.165, 1.54) is 12.8 Å². The van der Waals surface area contributed by atoms with Crippen LogP contribution in [0.25, 0.3) is 0 Å². The second-order valence-electron chi connectivity index (χ2n) is 7.14. The third kappa shape index (κ3) is 2.83.